The molecule has 1 unspecified atom stereocenters. The van der Waals surface area contributed by atoms with Gasteiger partial charge in [0.25, 0.3) is 5.91 Å². The molecule has 3 amide bonds. The molecule has 0 radical (unpaired) electrons. The maximum atomic E-state index is 14.9. The number of benzene rings is 1. The zero-order valence-corrected chi connectivity index (χ0v) is 18.3. The number of nitrogens with one attached hydrogen (secondary N) is 2. The number of carbonyl (C=O) groups excluding carboxylic acids is 3. The Kier molecular flexibility index (Phi) is 7.48. The van der Waals surface area contributed by atoms with E-state index in [9.17, 15) is 23.6 Å². The lowest BCUT2D eigenvalue weighted by Gasteiger charge is -2.15. The number of aliphatic carboxylic acids is 1. The molecule has 10 nitrogen and oxygen atoms in total. The number of carboxylic acid groups (broad SMARTS) is 1. The molecule has 0 saturated carbocycles. The highest BCUT2D eigenvalue weighted by atomic mass is 32.1. The predicted molar refractivity (Wildman–Crippen MR) is 119 cm³/mol. The summed E-state index contributed by atoms with van der Waals surface area (Å²) in [4.78, 5) is 52.0. The normalized spacial score (nSPS) is 16.2. The Labute approximate surface area is 193 Å². The summed E-state index contributed by atoms with van der Waals surface area (Å²) in [5.41, 5.74) is 0.406. The molecule has 3 rings (SSSR count). The highest BCUT2D eigenvalue weighted by Crippen LogP contribution is 2.28. The van der Waals surface area contributed by atoms with Crippen molar-refractivity contribution >= 4 is 42.2 Å². The van der Waals surface area contributed by atoms with Crippen molar-refractivity contribution in [2.75, 3.05) is 23.7 Å². The SMILES string of the molecule is CC(=O)NC[C@H]1CN(c2ccc(-c3cccc(C(=O)NC(CS)C(=O)O)n3)c(F)c2)C(=O)O1. The monoisotopic (exact) mass is 476 g/mol. The Morgan fingerprint density at radius 3 is 2.73 bits per heavy atom. The first-order chi connectivity index (χ1) is 15.7. The van der Waals surface area contributed by atoms with Gasteiger partial charge in [0.2, 0.25) is 5.91 Å². The number of carboxylic acids is 1. The lowest BCUT2D eigenvalue weighted by atomic mass is 10.1. The van der Waals surface area contributed by atoms with E-state index in [1.54, 1.807) is 0 Å². The zero-order valence-electron chi connectivity index (χ0n) is 17.4. The van der Waals surface area contributed by atoms with E-state index < -0.39 is 35.9 Å². The van der Waals surface area contributed by atoms with E-state index in [1.165, 1.54) is 42.2 Å². The van der Waals surface area contributed by atoms with Gasteiger partial charge in [-0.3, -0.25) is 14.5 Å². The Hall–Kier alpha value is -3.67. The van der Waals surface area contributed by atoms with Crippen molar-refractivity contribution < 1.29 is 33.4 Å². The second-order valence-corrected chi connectivity index (χ2v) is 7.54. The van der Waals surface area contributed by atoms with Gasteiger partial charge in [0.05, 0.1) is 24.5 Å². The molecule has 1 saturated heterocycles. The molecule has 2 atom stereocenters. The second kappa shape index (κ2) is 10.3. The summed E-state index contributed by atoms with van der Waals surface area (Å²) in [5, 5.41) is 13.9. The van der Waals surface area contributed by atoms with Gasteiger partial charge in [0.15, 0.2) is 0 Å². The molecule has 33 heavy (non-hydrogen) atoms. The molecule has 1 aliphatic rings. The molecule has 2 heterocycles. The summed E-state index contributed by atoms with van der Waals surface area (Å²) in [6.07, 6.45) is -1.22. The molecule has 1 fully saturated rings. The molecule has 0 aliphatic carbocycles. The number of carbonyl (C=O) groups is 4. The Balaban J connectivity index is 1.77. The van der Waals surface area contributed by atoms with E-state index in [1.807, 2.05) is 0 Å². The van der Waals surface area contributed by atoms with Crippen LogP contribution in [0, 0.1) is 5.82 Å². The third-order valence-corrected chi connectivity index (χ3v) is 5.13. The van der Waals surface area contributed by atoms with Crippen LogP contribution >= 0.6 is 12.6 Å². The Bertz CT molecular complexity index is 1100. The lowest BCUT2D eigenvalue weighted by Crippen LogP contribution is -2.42. The van der Waals surface area contributed by atoms with E-state index in [-0.39, 0.29) is 47.4 Å². The molecule has 0 bridgehead atoms. The molecule has 3 N–H and O–H groups in total. The number of nitrogens with zero attached hydrogens (tertiary/aromatic N) is 2. The molecule has 1 aromatic heterocycles. The van der Waals surface area contributed by atoms with Crippen LogP contribution in [0.5, 0.6) is 0 Å². The van der Waals surface area contributed by atoms with Crippen LogP contribution in [-0.2, 0) is 14.3 Å². The molecule has 1 aliphatic heterocycles. The number of cyclic esters (lactones) is 1. The summed E-state index contributed by atoms with van der Waals surface area (Å²) in [7, 11) is 0. The quantitative estimate of drug-likeness (QED) is 0.423. The Morgan fingerprint density at radius 2 is 2.09 bits per heavy atom. The van der Waals surface area contributed by atoms with E-state index in [4.69, 9.17) is 9.84 Å². The van der Waals surface area contributed by atoms with Crippen molar-refractivity contribution in [3.05, 3.63) is 47.9 Å². The predicted octanol–water partition coefficient (Wildman–Crippen LogP) is 1.46. The number of pyridine rings is 1. The summed E-state index contributed by atoms with van der Waals surface area (Å²) < 4.78 is 20.1. The number of anilines is 1. The first-order valence-electron chi connectivity index (χ1n) is 9.83. The van der Waals surface area contributed by atoms with Crippen molar-refractivity contribution in [3.8, 4) is 11.3 Å². The van der Waals surface area contributed by atoms with Crippen LogP contribution in [0.15, 0.2) is 36.4 Å². The van der Waals surface area contributed by atoms with Crippen LogP contribution in [-0.4, -0.2) is 65.0 Å². The number of ether oxygens (including phenoxy) is 1. The van der Waals surface area contributed by atoms with Gasteiger partial charge in [-0.2, -0.15) is 12.6 Å². The largest absolute Gasteiger partial charge is 0.480 e. The molecule has 2 aromatic rings. The van der Waals surface area contributed by atoms with E-state index in [0.717, 1.165) is 6.07 Å². The smallest absolute Gasteiger partial charge is 0.414 e. The fraction of sp³-hybridized carbons (Fsp3) is 0.286. The van der Waals surface area contributed by atoms with Crippen LogP contribution < -0.4 is 15.5 Å². The third kappa shape index (κ3) is 5.77. The molecule has 174 valence electrons. The summed E-state index contributed by atoms with van der Waals surface area (Å²) in [6.45, 7) is 1.63. The third-order valence-electron chi connectivity index (χ3n) is 4.76. The van der Waals surface area contributed by atoms with Gasteiger partial charge in [0, 0.05) is 18.2 Å². The fourth-order valence-electron chi connectivity index (χ4n) is 3.10. The average molecular weight is 476 g/mol. The zero-order chi connectivity index (χ0) is 24.1. The number of hydrogen-bond acceptors (Lipinski definition) is 7. The lowest BCUT2D eigenvalue weighted by molar-refractivity contribution is -0.138. The van der Waals surface area contributed by atoms with Crippen LogP contribution in [0.4, 0.5) is 14.9 Å². The van der Waals surface area contributed by atoms with Crippen molar-refractivity contribution in [1.29, 1.82) is 0 Å². The maximum absolute atomic E-state index is 14.9. The number of halogens is 1. The van der Waals surface area contributed by atoms with E-state index >= 15 is 0 Å². The number of aromatic nitrogens is 1. The highest BCUT2D eigenvalue weighted by molar-refractivity contribution is 7.80. The van der Waals surface area contributed by atoms with Gasteiger partial charge in [-0.05, 0) is 30.3 Å². The molecule has 12 heteroatoms. The minimum Gasteiger partial charge on any atom is -0.480 e. The minimum atomic E-state index is -1.24. The maximum Gasteiger partial charge on any atom is 0.414 e. The number of hydrogen-bond donors (Lipinski definition) is 4. The molecular formula is C21H21FN4O6S. The minimum absolute atomic E-state index is 0.0831. The fourth-order valence-corrected chi connectivity index (χ4v) is 3.35. The number of amides is 3. The van der Waals surface area contributed by atoms with Gasteiger partial charge in [-0.1, -0.05) is 6.07 Å². The first kappa shape index (κ1) is 24.0. The Morgan fingerprint density at radius 1 is 1.33 bits per heavy atom. The topological polar surface area (TPSA) is 138 Å². The van der Waals surface area contributed by atoms with Crippen molar-refractivity contribution in [2.24, 2.45) is 0 Å². The van der Waals surface area contributed by atoms with Crippen LogP contribution in [0.1, 0.15) is 17.4 Å². The molecular weight excluding hydrogens is 455 g/mol. The van der Waals surface area contributed by atoms with Crippen LogP contribution in [0.25, 0.3) is 11.3 Å². The van der Waals surface area contributed by atoms with Crippen LogP contribution in [0.3, 0.4) is 0 Å². The first-order valence-corrected chi connectivity index (χ1v) is 10.5. The van der Waals surface area contributed by atoms with Gasteiger partial charge in [-0.25, -0.2) is 19.0 Å². The van der Waals surface area contributed by atoms with E-state index in [2.05, 4.69) is 28.2 Å². The highest BCUT2D eigenvalue weighted by Gasteiger charge is 2.32. The van der Waals surface area contributed by atoms with Gasteiger partial charge >= 0.3 is 12.1 Å². The molecule has 1 aromatic carbocycles. The van der Waals surface area contributed by atoms with Crippen molar-refractivity contribution in [1.82, 2.24) is 15.6 Å². The van der Waals surface area contributed by atoms with Crippen molar-refractivity contribution in [2.45, 2.75) is 19.1 Å². The summed E-state index contributed by atoms with van der Waals surface area (Å²) >= 11 is 3.89. The van der Waals surface area contributed by atoms with Gasteiger partial charge < -0.3 is 20.5 Å². The summed E-state index contributed by atoms with van der Waals surface area (Å²) in [6, 6.07) is 7.23. The number of thiol groups is 1. The van der Waals surface area contributed by atoms with Gasteiger partial charge in [-0.15, -0.1) is 0 Å². The van der Waals surface area contributed by atoms with Gasteiger partial charge in [0.1, 0.15) is 23.7 Å². The summed E-state index contributed by atoms with van der Waals surface area (Å²) in [5.74, 6) is -3.03. The average Bonchev–Trinajstić information content (AvgIpc) is 3.16. The standard InChI is InChI=1S/C21H21FN4O6S/c1-11(27)23-8-13-9-26(21(31)32-13)12-5-6-14(15(22)7-12)16-3-2-4-17(24-16)19(28)25-18(10-33)20(29)30/h2-7,13,18,33H,8-10H2,1H3,(H,23,27)(H,25,28)(H,29,30)/t13-,18?/m0/s1. The van der Waals surface area contributed by atoms with Crippen molar-refractivity contribution in [3.63, 3.8) is 0 Å². The number of rotatable bonds is 8. The second-order valence-electron chi connectivity index (χ2n) is 7.17. The van der Waals surface area contributed by atoms with E-state index in [0.29, 0.717) is 0 Å². The van der Waals surface area contributed by atoms with Crippen LogP contribution in [0.2, 0.25) is 0 Å². The molecule has 0 spiro atoms.